The molecule has 1 unspecified atom stereocenters. The normalized spacial score (nSPS) is 12.4. The Morgan fingerprint density at radius 2 is 1.96 bits per heavy atom. The fourth-order valence-electron chi connectivity index (χ4n) is 2.06. The molecule has 0 N–H and O–H groups in total. The Balaban J connectivity index is 1.49. The molecular weight excluding hydrogens is 344 g/mol. The molecule has 0 aliphatic carbocycles. The topological polar surface area (TPSA) is 77.8 Å². The molecule has 6 nitrogen and oxygen atoms in total. The van der Waals surface area contributed by atoms with E-state index >= 15 is 0 Å². The van der Waals surface area contributed by atoms with Gasteiger partial charge in [0.05, 0.1) is 10.1 Å². The van der Waals surface area contributed by atoms with Crippen LogP contribution in [-0.2, 0) is 0 Å². The van der Waals surface area contributed by atoms with Crippen LogP contribution in [0.5, 0.6) is 0 Å². The van der Waals surface area contributed by atoms with Crippen LogP contribution >= 0.6 is 23.1 Å². The van der Waals surface area contributed by atoms with Gasteiger partial charge >= 0.3 is 0 Å². The lowest BCUT2D eigenvalue weighted by Crippen LogP contribution is -1.88. The van der Waals surface area contributed by atoms with E-state index in [1.807, 2.05) is 54.8 Å². The summed E-state index contributed by atoms with van der Waals surface area (Å²) in [5, 5.41) is 14.5. The van der Waals surface area contributed by atoms with E-state index in [0.29, 0.717) is 22.8 Å². The van der Waals surface area contributed by atoms with Gasteiger partial charge in [-0.1, -0.05) is 41.2 Å². The predicted octanol–water partition coefficient (Wildman–Crippen LogP) is 4.70. The average molecular weight is 356 g/mol. The molecule has 0 aliphatic heterocycles. The van der Waals surface area contributed by atoms with Crippen LogP contribution in [0.3, 0.4) is 0 Å². The van der Waals surface area contributed by atoms with Gasteiger partial charge in [-0.15, -0.1) is 21.5 Å². The van der Waals surface area contributed by atoms with E-state index in [4.69, 9.17) is 8.94 Å². The Bertz CT molecular complexity index is 919. The van der Waals surface area contributed by atoms with Gasteiger partial charge in [0.1, 0.15) is 0 Å². The molecule has 4 aromatic rings. The zero-order chi connectivity index (χ0) is 16.4. The van der Waals surface area contributed by atoms with Gasteiger partial charge in [0.2, 0.25) is 17.6 Å². The fraction of sp³-hybridized carbons (Fsp3) is 0.125. The smallest absolute Gasteiger partial charge is 0.277 e. The maximum Gasteiger partial charge on any atom is 0.277 e. The zero-order valence-corrected chi connectivity index (χ0v) is 14.3. The molecule has 0 saturated carbocycles. The van der Waals surface area contributed by atoms with Crippen LogP contribution < -0.4 is 0 Å². The van der Waals surface area contributed by atoms with Crippen molar-refractivity contribution in [1.82, 2.24) is 20.3 Å². The van der Waals surface area contributed by atoms with E-state index in [2.05, 4.69) is 20.3 Å². The SMILES string of the molecule is CC(Sc1nnc(-c2ccccc2)o1)c1nc(-c2cccs2)no1. The first-order chi connectivity index (χ1) is 11.8. The Hall–Kier alpha value is -2.45. The van der Waals surface area contributed by atoms with Gasteiger partial charge in [0, 0.05) is 5.56 Å². The maximum atomic E-state index is 5.69. The number of rotatable bonds is 5. The van der Waals surface area contributed by atoms with Crippen LogP contribution in [0.4, 0.5) is 0 Å². The molecule has 24 heavy (non-hydrogen) atoms. The lowest BCUT2D eigenvalue weighted by molar-refractivity contribution is 0.379. The fourth-order valence-corrected chi connectivity index (χ4v) is 3.43. The van der Waals surface area contributed by atoms with Crippen LogP contribution in [0.1, 0.15) is 18.1 Å². The predicted molar refractivity (Wildman–Crippen MR) is 91.6 cm³/mol. The number of benzene rings is 1. The molecule has 3 heterocycles. The molecule has 0 bridgehead atoms. The van der Waals surface area contributed by atoms with Gasteiger partial charge in [-0.05, 0) is 30.5 Å². The summed E-state index contributed by atoms with van der Waals surface area (Å²) >= 11 is 2.96. The number of thioether (sulfide) groups is 1. The Morgan fingerprint density at radius 3 is 2.75 bits per heavy atom. The number of aromatic nitrogens is 4. The van der Waals surface area contributed by atoms with Crippen LogP contribution in [0.25, 0.3) is 22.2 Å². The quantitative estimate of drug-likeness (QED) is 0.479. The second kappa shape index (κ2) is 6.58. The summed E-state index contributed by atoms with van der Waals surface area (Å²) in [6, 6.07) is 13.6. The minimum atomic E-state index is -0.0877. The maximum absolute atomic E-state index is 5.69. The van der Waals surface area contributed by atoms with Gasteiger partial charge in [-0.25, -0.2) is 0 Å². The highest BCUT2D eigenvalue weighted by Crippen LogP contribution is 2.35. The van der Waals surface area contributed by atoms with Crippen LogP contribution in [0.2, 0.25) is 0 Å². The summed E-state index contributed by atoms with van der Waals surface area (Å²) in [4.78, 5) is 5.41. The summed E-state index contributed by atoms with van der Waals surface area (Å²) in [7, 11) is 0. The number of thiophene rings is 1. The van der Waals surface area contributed by atoms with Crippen molar-refractivity contribution in [3.8, 4) is 22.2 Å². The van der Waals surface area contributed by atoms with Crippen molar-refractivity contribution in [2.45, 2.75) is 17.4 Å². The van der Waals surface area contributed by atoms with Crippen LogP contribution in [0.15, 0.2) is 62.0 Å². The average Bonchev–Trinajstić information content (AvgIpc) is 3.36. The lowest BCUT2D eigenvalue weighted by Gasteiger charge is -2.00. The number of hydrogen-bond acceptors (Lipinski definition) is 8. The molecule has 1 aromatic carbocycles. The van der Waals surface area contributed by atoms with Crippen LogP contribution in [-0.4, -0.2) is 20.3 Å². The molecule has 1 atom stereocenters. The Kier molecular flexibility index (Phi) is 4.14. The zero-order valence-electron chi connectivity index (χ0n) is 12.6. The molecule has 0 spiro atoms. The number of nitrogens with zero attached hydrogens (tertiary/aromatic N) is 4. The Morgan fingerprint density at radius 1 is 1.08 bits per heavy atom. The third-order valence-corrected chi connectivity index (χ3v) is 5.02. The Labute approximate surface area is 145 Å². The summed E-state index contributed by atoms with van der Waals surface area (Å²) < 4.78 is 11.0. The van der Waals surface area contributed by atoms with E-state index in [-0.39, 0.29) is 5.25 Å². The molecule has 8 heteroatoms. The second-order valence-electron chi connectivity index (χ2n) is 4.93. The summed E-state index contributed by atoms with van der Waals surface area (Å²) in [6.07, 6.45) is 0. The molecule has 0 radical (unpaired) electrons. The third kappa shape index (κ3) is 3.10. The van der Waals surface area contributed by atoms with Gasteiger partial charge in [-0.2, -0.15) is 4.98 Å². The van der Waals surface area contributed by atoms with Crippen molar-refractivity contribution in [3.05, 3.63) is 53.7 Å². The van der Waals surface area contributed by atoms with E-state index in [0.717, 1.165) is 10.4 Å². The van der Waals surface area contributed by atoms with E-state index < -0.39 is 0 Å². The molecule has 0 amide bonds. The van der Waals surface area contributed by atoms with Gasteiger partial charge < -0.3 is 8.94 Å². The summed E-state index contributed by atoms with van der Waals surface area (Å²) in [5.41, 5.74) is 0.891. The monoisotopic (exact) mass is 356 g/mol. The molecule has 120 valence electrons. The van der Waals surface area contributed by atoms with Crippen molar-refractivity contribution in [3.63, 3.8) is 0 Å². The minimum Gasteiger partial charge on any atom is -0.411 e. The lowest BCUT2D eigenvalue weighted by atomic mass is 10.2. The third-order valence-electron chi connectivity index (χ3n) is 3.24. The summed E-state index contributed by atoms with van der Waals surface area (Å²) in [5.74, 6) is 1.63. The van der Waals surface area contributed by atoms with Crippen molar-refractivity contribution in [2.24, 2.45) is 0 Å². The number of hydrogen-bond donors (Lipinski definition) is 0. The van der Waals surface area contributed by atoms with Gasteiger partial charge in [0.25, 0.3) is 5.22 Å². The minimum absolute atomic E-state index is 0.0877. The van der Waals surface area contributed by atoms with Crippen molar-refractivity contribution in [2.75, 3.05) is 0 Å². The molecule has 0 aliphatic rings. The standard InChI is InChI=1S/C16H12N4O2S2/c1-10(14-17-13(20-22-14)12-8-5-9-23-12)24-16-19-18-15(21-16)11-6-3-2-4-7-11/h2-10H,1H3. The highest BCUT2D eigenvalue weighted by Gasteiger charge is 2.20. The van der Waals surface area contributed by atoms with E-state index in [1.165, 1.54) is 11.8 Å². The second-order valence-corrected chi connectivity index (χ2v) is 7.17. The van der Waals surface area contributed by atoms with E-state index in [1.54, 1.807) is 11.3 Å². The summed E-state index contributed by atoms with van der Waals surface area (Å²) in [6.45, 7) is 1.96. The first-order valence-corrected chi connectivity index (χ1v) is 8.98. The first kappa shape index (κ1) is 15.1. The van der Waals surface area contributed by atoms with Crippen LogP contribution in [0, 0.1) is 0 Å². The highest BCUT2D eigenvalue weighted by atomic mass is 32.2. The molecule has 0 fully saturated rings. The highest BCUT2D eigenvalue weighted by molar-refractivity contribution is 7.99. The van der Waals surface area contributed by atoms with Crippen molar-refractivity contribution >= 4 is 23.1 Å². The van der Waals surface area contributed by atoms with E-state index in [9.17, 15) is 0 Å². The molecular formula is C16H12N4O2S2. The van der Waals surface area contributed by atoms with Crippen molar-refractivity contribution in [1.29, 1.82) is 0 Å². The molecule has 3 aromatic heterocycles. The largest absolute Gasteiger partial charge is 0.411 e. The first-order valence-electron chi connectivity index (χ1n) is 7.22. The van der Waals surface area contributed by atoms with Gasteiger partial charge in [0.15, 0.2) is 0 Å². The van der Waals surface area contributed by atoms with Gasteiger partial charge in [-0.3, -0.25) is 0 Å². The van der Waals surface area contributed by atoms with Crippen molar-refractivity contribution < 1.29 is 8.94 Å². The molecule has 0 saturated heterocycles. The molecule has 4 rings (SSSR count).